The zero-order chi connectivity index (χ0) is 9.68. The van der Waals surface area contributed by atoms with E-state index in [1.54, 1.807) is 6.07 Å². The predicted molar refractivity (Wildman–Crippen MR) is 53.4 cm³/mol. The zero-order valence-electron chi connectivity index (χ0n) is 7.61. The van der Waals surface area contributed by atoms with Gasteiger partial charge in [-0.2, -0.15) is 0 Å². The molecular weight excluding hydrogens is 189 g/mol. The monoisotopic (exact) mass is 201 g/mol. The second-order valence-corrected chi connectivity index (χ2v) is 3.27. The summed E-state index contributed by atoms with van der Waals surface area (Å²) in [6.07, 6.45) is 1.06. The van der Waals surface area contributed by atoms with Crippen LogP contribution in [0.15, 0.2) is 18.2 Å². The normalized spacial score (nSPS) is 10.4. The van der Waals surface area contributed by atoms with Gasteiger partial charge in [0.1, 0.15) is 5.82 Å². The van der Waals surface area contributed by atoms with Crippen LogP contribution < -0.4 is 5.32 Å². The number of hydrogen-bond acceptors (Lipinski definition) is 1. The molecule has 1 N–H and O–H groups in total. The van der Waals surface area contributed by atoms with Crippen molar-refractivity contribution in [1.82, 2.24) is 5.32 Å². The van der Waals surface area contributed by atoms with Crippen molar-refractivity contribution < 1.29 is 4.39 Å². The summed E-state index contributed by atoms with van der Waals surface area (Å²) in [5, 5.41) is 3.40. The summed E-state index contributed by atoms with van der Waals surface area (Å²) in [6, 6.07) is 4.86. The van der Waals surface area contributed by atoms with E-state index in [1.807, 2.05) is 6.07 Å². The van der Waals surface area contributed by atoms with Crippen molar-refractivity contribution in [2.45, 2.75) is 19.9 Å². The highest BCUT2D eigenvalue weighted by molar-refractivity contribution is 6.31. The Morgan fingerprint density at radius 3 is 2.92 bits per heavy atom. The van der Waals surface area contributed by atoms with Crippen LogP contribution in [0.25, 0.3) is 0 Å². The molecule has 0 bridgehead atoms. The first-order valence-corrected chi connectivity index (χ1v) is 4.77. The molecule has 0 saturated carbocycles. The Bertz CT molecular complexity index is 276. The van der Waals surface area contributed by atoms with E-state index in [9.17, 15) is 4.39 Å². The van der Waals surface area contributed by atoms with Crippen molar-refractivity contribution in [3.8, 4) is 0 Å². The lowest BCUT2D eigenvalue weighted by Crippen LogP contribution is -2.14. The van der Waals surface area contributed by atoms with Gasteiger partial charge < -0.3 is 5.32 Å². The molecule has 0 aliphatic carbocycles. The van der Waals surface area contributed by atoms with E-state index < -0.39 is 0 Å². The molecule has 0 amide bonds. The summed E-state index contributed by atoms with van der Waals surface area (Å²) in [7, 11) is 0. The van der Waals surface area contributed by atoms with Crippen molar-refractivity contribution in [3.05, 3.63) is 34.6 Å². The maximum atomic E-state index is 12.9. The summed E-state index contributed by atoms with van der Waals surface area (Å²) in [5.41, 5.74) is 0.815. The lowest BCUT2D eigenvalue weighted by molar-refractivity contribution is 0.620. The fourth-order valence-corrected chi connectivity index (χ4v) is 1.28. The molecule has 72 valence electrons. The summed E-state index contributed by atoms with van der Waals surface area (Å²) < 4.78 is 12.9. The quantitative estimate of drug-likeness (QED) is 0.739. The van der Waals surface area contributed by atoms with E-state index >= 15 is 0 Å². The molecule has 1 aromatic rings. The average molecular weight is 202 g/mol. The standard InChI is InChI=1S/C10H13ClFN/c1-2-6-13-7-8-4-3-5-9(12)10(8)11/h3-5,13H,2,6-7H2,1H3. The van der Waals surface area contributed by atoms with E-state index in [2.05, 4.69) is 12.2 Å². The molecule has 3 heteroatoms. The van der Waals surface area contributed by atoms with Crippen LogP contribution >= 0.6 is 11.6 Å². The first-order chi connectivity index (χ1) is 6.25. The van der Waals surface area contributed by atoms with Crippen LogP contribution in [0.3, 0.4) is 0 Å². The van der Waals surface area contributed by atoms with Crippen LogP contribution in [0.4, 0.5) is 4.39 Å². The molecule has 0 radical (unpaired) electrons. The Balaban J connectivity index is 2.61. The SMILES string of the molecule is CCCNCc1cccc(F)c1Cl. The van der Waals surface area contributed by atoms with Crippen LogP contribution in [0.2, 0.25) is 5.02 Å². The summed E-state index contributed by atoms with van der Waals surface area (Å²) in [5.74, 6) is -0.350. The third-order valence-corrected chi connectivity index (χ3v) is 2.20. The Morgan fingerprint density at radius 1 is 1.46 bits per heavy atom. The first kappa shape index (κ1) is 10.5. The smallest absolute Gasteiger partial charge is 0.142 e. The van der Waals surface area contributed by atoms with Gasteiger partial charge in [0.2, 0.25) is 0 Å². The van der Waals surface area contributed by atoms with Crippen LogP contribution in [-0.2, 0) is 6.54 Å². The third-order valence-electron chi connectivity index (χ3n) is 1.77. The van der Waals surface area contributed by atoms with Gasteiger partial charge in [0.15, 0.2) is 0 Å². The molecule has 0 fully saturated rings. The molecule has 13 heavy (non-hydrogen) atoms. The van der Waals surface area contributed by atoms with Crippen molar-refractivity contribution in [1.29, 1.82) is 0 Å². The number of hydrogen-bond donors (Lipinski definition) is 1. The summed E-state index contributed by atoms with van der Waals surface area (Å²) in [6.45, 7) is 3.64. The minimum Gasteiger partial charge on any atom is -0.313 e. The number of benzene rings is 1. The van der Waals surface area contributed by atoms with Crippen molar-refractivity contribution in [2.24, 2.45) is 0 Å². The third kappa shape index (κ3) is 2.98. The highest BCUT2D eigenvalue weighted by atomic mass is 35.5. The van der Waals surface area contributed by atoms with Gasteiger partial charge in [-0.1, -0.05) is 30.7 Å². The molecule has 0 aliphatic heterocycles. The highest BCUT2D eigenvalue weighted by Crippen LogP contribution is 2.19. The van der Waals surface area contributed by atoms with Gasteiger partial charge >= 0.3 is 0 Å². The number of rotatable bonds is 4. The molecule has 0 aromatic heterocycles. The topological polar surface area (TPSA) is 12.0 Å². The van der Waals surface area contributed by atoms with Crippen molar-refractivity contribution in [2.75, 3.05) is 6.54 Å². The van der Waals surface area contributed by atoms with Gasteiger partial charge in [-0.3, -0.25) is 0 Å². The highest BCUT2D eigenvalue weighted by Gasteiger charge is 2.03. The summed E-state index contributed by atoms with van der Waals surface area (Å²) >= 11 is 5.76. The lowest BCUT2D eigenvalue weighted by atomic mass is 10.2. The van der Waals surface area contributed by atoms with E-state index in [0.29, 0.717) is 6.54 Å². The largest absolute Gasteiger partial charge is 0.313 e. The Labute approximate surface area is 82.9 Å². The second-order valence-electron chi connectivity index (χ2n) is 2.89. The van der Waals surface area contributed by atoms with Crippen LogP contribution in [-0.4, -0.2) is 6.54 Å². The molecule has 0 atom stereocenters. The van der Waals surface area contributed by atoms with Gasteiger partial charge in [-0.15, -0.1) is 0 Å². The molecule has 0 saturated heterocycles. The maximum absolute atomic E-state index is 12.9. The molecule has 0 unspecified atom stereocenters. The predicted octanol–water partition coefficient (Wildman–Crippen LogP) is 2.98. The molecule has 0 aliphatic rings. The molecule has 1 aromatic carbocycles. The molecule has 1 rings (SSSR count). The lowest BCUT2D eigenvalue weighted by Gasteiger charge is -2.05. The van der Waals surface area contributed by atoms with Gasteiger partial charge in [-0.25, -0.2) is 4.39 Å². The van der Waals surface area contributed by atoms with E-state index in [0.717, 1.165) is 18.5 Å². The fourth-order valence-electron chi connectivity index (χ4n) is 1.08. The van der Waals surface area contributed by atoms with Gasteiger partial charge in [0, 0.05) is 6.54 Å². The van der Waals surface area contributed by atoms with Crippen LogP contribution in [0, 0.1) is 5.82 Å². The maximum Gasteiger partial charge on any atom is 0.142 e. The molecule has 1 nitrogen and oxygen atoms in total. The second kappa shape index (κ2) is 5.20. The fraction of sp³-hybridized carbons (Fsp3) is 0.400. The molecule has 0 heterocycles. The van der Waals surface area contributed by atoms with Gasteiger partial charge in [0.25, 0.3) is 0 Å². The van der Waals surface area contributed by atoms with E-state index in [-0.39, 0.29) is 10.8 Å². The molecule has 0 spiro atoms. The van der Waals surface area contributed by atoms with Crippen LogP contribution in [0.5, 0.6) is 0 Å². The average Bonchev–Trinajstić information content (AvgIpc) is 2.13. The number of nitrogens with one attached hydrogen (secondary N) is 1. The Kier molecular flexibility index (Phi) is 4.19. The minimum absolute atomic E-state index is 0.228. The first-order valence-electron chi connectivity index (χ1n) is 4.39. The van der Waals surface area contributed by atoms with E-state index in [4.69, 9.17) is 11.6 Å². The van der Waals surface area contributed by atoms with E-state index in [1.165, 1.54) is 6.07 Å². The molecular formula is C10H13ClFN. The minimum atomic E-state index is -0.350. The number of halogens is 2. The Hall–Kier alpha value is -0.600. The van der Waals surface area contributed by atoms with Crippen molar-refractivity contribution in [3.63, 3.8) is 0 Å². The Morgan fingerprint density at radius 2 is 2.23 bits per heavy atom. The van der Waals surface area contributed by atoms with Crippen molar-refractivity contribution >= 4 is 11.6 Å². The summed E-state index contributed by atoms with van der Waals surface area (Å²) in [4.78, 5) is 0. The zero-order valence-corrected chi connectivity index (χ0v) is 8.37. The van der Waals surface area contributed by atoms with Crippen LogP contribution in [0.1, 0.15) is 18.9 Å². The van der Waals surface area contributed by atoms with Gasteiger partial charge in [0.05, 0.1) is 5.02 Å². The van der Waals surface area contributed by atoms with Gasteiger partial charge in [-0.05, 0) is 24.6 Å².